The maximum atomic E-state index is 13.4. The number of carbonyl (C=O) groups is 1. The topological polar surface area (TPSA) is 26.3 Å². The Labute approximate surface area is 93.0 Å². The van der Waals surface area contributed by atoms with E-state index in [1.807, 2.05) is 6.92 Å². The van der Waals surface area contributed by atoms with Gasteiger partial charge in [0.2, 0.25) is 0 Å². The van der Waals surface area contributed by atoms with Crippen molar-refractivity contribution in [3.8, 4) is 5.75 Å². The lowest BCUT2D eigenvalue weighted by molar-refractivity contribution is -0.108. The Morgan fingerprint density at radius 1 is 1.60 bits per heavy atom. The first-order valence-electron chi connectivity index (χ1n) is 4.56. The van der Waals surface area contributed by atoms with Crippen molar-refractivity contribution in [2.75, 3.05) is 7.11 Å². The normalized spacial score (nSPS) is 12.3. The summed E-state index contributed by atoms with van der Waals surface area (Å²) in [7, 11) is 1.36. The lowest BCUT2D eigenvalue weighted by atomic mass is 9.98. The molecule has 0 aromatic heterocycles. The molecule has 0 saturated heterocycles. The molecule has 0 saturated carbocycles. The number of hydrogen-bond acceptors (Lipinski definition) is 2. The first-order valence-corrected chi connectivity index (χ1v) is 4.94. The number of hydrogen-bond donors (Lipinski definition) is 0. The summed E-state index contributed by atoms with van der Waals surface area (Å²) in [4.78, 5) is 10.3. The zero-order valence-electron chi connectivity index (χ0n) is 8.59. The average molecular weight is 231 g/mol. The first kappa shape index (κ1) is 12.0. The van der Waals surface area contributed by atoms with Crippen LogP contribution in [0.3, 0.4) is 0 Å². The molecule has 0 aliphatic rings. The number of benzene rings is 1. The lowest BCUT2D eigenvalue weighted by Gasteiger charge is -2.11. The van der Waals surface area contributed by atoms with Crippen LogP contribution in [0, 0.1) is 5.82 Å². The summed E-state index contributed by atoms with van der Waals surface area (Å²) >= 11 is 5.83. The molecule has 0 N–H and O–H groups in total. The summed E-state index contributed by atoms with van der Waals surface area (Å²) in [6.45, 7) is 1.84. The van der Waals surface area contributed by atoms with Crippen LogP contribution in [0.25, 0.3) is 0 Å². The molecule has 1 rings (SSSR count). The molecule has 1 aromatic rings. The van der Waals surface area contributed by atoms with Crippen molar-refractivity contribution in [1.29, 1.82) is 0 Å². The van der Waals surface area contributed by atoms with Gasteiger partial charge in [0.05, 0.1) is 12.1 Å². The Kier molecular flexibility index (Phi) is 4.09. The van der Waals surface area contributed by atoms with E-state index >= 15 is 0 Å². The number of aldehydes is 1. The molecule has 82 valence electrons. The second kappa shape index (κ2) is 5.12. The van der Waals surface area contributed by atoms with Crippen LogP contribution in [-0.2, 0) is 4.79 Å². The largest absolute Gasteiger partial charge is 0.492 e. The van der Waals surface area contributed by atoms with E-state index in [0.29, 0.717) is 12.0 Å². The molecule has 0 spiro atoms. The van der Waals surface area contributed by atoms with Gasteiger partial charge in [0, 0.05) is 6.42 Å². The van der Waals surface area contributed by atoms with Crippen LogP contribution in [0.1, 0.15) is 24.8 Å². The van der Waals surface area contributed by atoms with E-state index in [1.54, 1.807) is 6.07 Å². The number of ether oxygens (including phenoxy) is 1. The maximum Gasteiger partial charge on any atom is 0.173 e. The van der Waals surface area contributed by atoms with Gasteiger partial charge in [0.1, 0.15) is 6.29 Å². The Morgan fingerprint density at radius 3 is 2.73 bits per heavy atom. The maximum absolute atomic E-state index is 13.4. The number of methoxy groups -OCH3 is 1. The third-order valence-electron chi connectivity index (χ3n) is 2.24. The summed E-state index contributed by atoms with van der Waals surface area (Å²) in [6, 6.07) is 2.97. The number of carbonyl (C=O) groups excluding carboxylic acids is 1. The first-order chi connectivity index (χ1) is 7.10. The Morgan fingerprint density at radius 2 is 2.27 bits per heavy atom. The van der Waals surface area contributed by atoms with E-state index in [4.69, 9.17) is 16.3 Å². The predicted octanol–water partition coefficient (Wildman–Crippen LogP) is 3.18. The van der Waals surface area contributed by atoms with Crippen molar-refractivity contribution in [3.63, 3.8) is 0 Å². The SMILES string of the molecule is COc1c(F)cc(C(C)CC=O)cc1Cl. The highest BCUT2D eigenvalue weighted by Crippen LogP contribution is 2.32. The fourth-order valence-electron chi connectivity index (χ4n) is 1.34. The van der Waals surface area contributed by atoms with Crippen molar-refractivity contribution in [1.82, 2.24) is 0 Å². The molecule has 0 aliphatic carbocycles. The van der Waals surface area contributed by atoms with Crippen LogP contribution in [0.15, 0.2) is 12.1 Å². The van der Waals surface area contributed by atoms with Gasteiger partial charge in [-0.3, -0.25) is 0 Å². The van der Waals surface area contributed by atoms with Gasteiger partial charge >= 0.3 is 0 Å². The van der Waals surface area contributed by atoms with Gasteiger partial charge in [-0.25, -0.2) is 4.39 Å². The molecule has 0 amide bonds. The summed E-state index contributed by atoms with van der Waals surface area (Å²) in [5.74, 6) is -0.503. The number of halogens is 2. The standard InChI is InChI=1S/C11H12ClFO2/c1-7(3-4-14)8-5-9(12)11(15-2)10(13)6-8/h4-7H,3H2,1-2H3. The van der Waals surface area contributed by atoms with E-state index in [0.717, 1.165) is 6.29 Å². The van der Waals surface area contributed by atoms with Crippen molar-refractivity contribution >= 4 is 17.9 Å². The van der Waals surface area contributed by atoms with Crippen LogP contribution in [0.5, 0.6) is 5.75 Å². The van der Waals surface area contributed by atoms with Crippen LogP contribution in [0.4, 0.5) is 4.39 Å². The zero-order valence-corrected chi connectivity index (χ0v) is 9.34. The fourth-order valence-corrected chi connectivity index (χ4v) is 1.63. The van der Waals surface area contributed by atoms with Gasteiger partial charge in [-0.2, -0.15) is 0 Å². The van der Waals surface area contributed by atoms with E-state index in [-0.39, 0.29) is 16.7 Å². The van der Waals surface area contributed by atoms with Crippen LogP contribution in [0.2, 0.25) is 5.02 Å². The molecule has 0 aliphatic heterocycles. The van der Waals surface area contributed by atoms with Gasteiger partial charge in [-0.1, -0.05) is 18.5 Å². The number of rotatable bonds is 4. The highest BCUT2D eigenvalue weighted by Gasteiger charge is 2.13. The molecule has 15 heavy (non-hydrogen) atoms. The second-order valence-corrected chi connectivity index (χ2v) is 3.73. The van der Waals surface area contributed by atoms with Gasteiger partial charge in [-0.15, -0.1) is 0 Å². The summed E-state index contributed by atoms with van der Waals surface area (Å²) < 4.78 is 18.2. The van der Waals surface area contributed by atoms with Crippen LogP contribution in [-0.4, -0.2) is 13.4 Å². The monoisotopic (exact) mass is 230 g/mol. The van der Waals surface area contributed by atoms with E-state index in [9.17, 15) is 9.18 Å². The van der Waals surface area contributed by atoms with Crippen molar-refractivity contribution in [2.24, 2.45) is 0 Å². The molecule has 2 nitrogen and oxygen atoms in total. The third-order valence-corrected chi connectivity index (χ3v) is 2.52. The quantitative estimate of drug-likeness (QED) is 0.743. The molecule has 0 heterocycles. The highest BCUT2D eigenvalue weighted by atomic mass is 35.5. The average Bonchev–Trinajstić information content (AvgIpc) is 2.17. The fraction of sp³-hybridized carbons (Fsp3) is 0.364. The van der Waals surface area contributed by atoms with Crippen LogP contribution < -0.4 is 4.74 Å². The minimum Gasteiger partial charge on any atom is -0.492 e. The van der Waals surface area contributed by atoms with E-state index in [2.05, 4.69) is 0 Å². The summed E-state index contributed by atoms with van der Waals surface area (Å²) in [5.41, 5.74) is 0.699. The second-order valence-electron chi connectivity index (χ2n) is 3.32. The molecule has 1 atom stereocenters. The van der Waals surface area contributed by atoms with Gasteiger partial charge in [0.15, 0.2) is 11.6 Å². The van der Waals surface area contributed by atoms with Crippen LogP contribution >= 0.6 is 11.6 Å². The molecule has 0 radical (unpaired) electrons. The third kappa shape index (κ3) is 2.69. The summed E-state index contributed by atoms with van der Waals surface area (Å²) in [5, 5.41) is 0.227. The smallest absolute Gasteiger partial charge is 0.173 e. The Balaban J connectivity index is 3.07. The highest BCUT2D eigenvalue weighted by molar-refractivity contribution is 6.32. The lowest BCUT2D eigenvalue weighted by Crippen LogP contribution is -1.97. The van der Waals surface area contributed by atoms with E-state index in [1.165, 1.54) is 13.2 Å². The molecule has 0 bridgehead atoms. The van der Waals surface area contributed by atoms with Gasteiger partial charge in [-0.05, 0) is 23.6 Å². The molecule has 1 aromatic carbocycles. The Bertz CT molecular complexity index is 343. The molecular weight excluding hydrogens is 219 g/mol. The molecule has 0 fully saturated rings. The summed E-state index contributed by atoms with van der Waals surface area (Å²) in [6.07, 6.45) is 1.16. The zero-order chi connectivity index (χ0) is 11.4. The van der Waals surface area contributed by atoms with E-state index < -0.39 is 5.82 Å². The van der Waals surface area contributed by atoms with Crippen molar-refractivity contribution in [3.05, 3.63) is 28.5 Å². The molecule has 4 heteroatoms. The molecule has 1 unspecified atom stereocenters. The van der Waals surface area contributed by atoms with Crippen molar-refractivity contribution < 1.29 is 13.9 Å². The Hall–Kier alpha value is -1.09. The van der Waals surface area contributed by atoms with Gasteiger partial charge < -0.3 is 9.53 Å². The minimum absolute atomic E-state index is 0.0405. The predicted molar refractivity (Wildman–Crippen MR) is 57.1 cm³/mol. The molecular formula is C11H12ClFO2. The van der Waals surface area contributed by atoms with Gasteiger partial charge in [0.25, 0.3) is 0 Å². The van der Waals surface area contributed by atoms with Crippen molar-refractivity contribution in [2.45, 2.75) is 19.3 Å². The minimum atomic E-state index is -0.502.